The first kappa shape index (κ1) is 16.1. The first-order chi connectivity index (χ1) is 8.98. The van der Waals surface area contributed by atoms with Gasteiger partial charge in [-0.25, -0.2) is 8.42 Å². The summed E-state index contributed by atoms with van der Waals surface area (Å²) in [5.41, 5.74) is 7.29. The second-order valence-corrected chi connectivity index (χ2v) is 6.50. The van der Waals surface area contributed by atoms with Crippen molar-refractivity contribution in [2.75, 3.05) is 13.1 Å². The number of benzene rings is 1. The molecule has 0 aliphatic heterocycles. The lowest BCUT2D eigenvalue weighted by atomic mass is 10.1. The van der Waals surface area contributed by atoms with Gasteiger partial charge >= 0.3 is 0 Å². The van der Waals surface area contributed by atoms with E-state index in [4.69, 9.17) is 5.73 Å². The van der Waals surface area contributed by atoms with Crippen LogP contribution in [0.25, 0.3) is 0 Å². The summed E-state index contributed by atoms with van der Waals surface area (Å²) in [5, 5.41) is 0. The number of nitrogens with two attached hydrogens (primary N) is 1. The van der Waals surface area contributed by atoms with Gasteiger partial charge in [-0.2, -0.15) is 4.31 Å². The topological polar surface area (TPSA) is 63.4 Å². The fourth-order valence-corrected chi connectivity index (χ4v) is 3.84. The summed E-state index contributed by atoms with van der Waals surface area (Å²) in [6.07, 6.45) is 1.86. The van der Waals surface area contributed by atoms with Crippen LogP contribution in [0.1, 0.15) is 37.8 Å². The number of unbranched alkanes of at least 4 members (excludes halogenated alkanes) is 1. The fraction of sp³-hybridized carbons (Fsp3) is 0.571. The Balaban J connectivity index is 3.18. The second-order valence-electron chi connectivity index (χ2n) is 4.59. The minimum Gasteiger partial charge on any atom is -0.326 e. The lowest BCUT2D eigenvalue weighted by Crippen LogP contribution is -2.32. The summed E-state index contributed by atoms with van der Waals surface area (Å²) in [6.45, 7) is 7.17. The Hall–Kier alpha value is -0.910. The smallest absolute Gasteiger partial charge is 0.243 e. The van der Waals surface area contributed by atoms with E-state index < -0.39 is 10.0 Å². The molecule has 5 heteroatoms. The molecule has 0 unspecified atom stereocenters. The normalized spacial score (nSPS) is 12.1. The van der Waals surface area contributed by atoms with Crippen molar-refractivity contribution >= 4 is 10.0 Å². The Morgan fingerprint density at radius 3 is 2.47 bits per heavy atom. The first-order valence-corrected chi connectivity index (χ1v) is 8.21. The standard InChI is InChI=1S/C14H24N2O2S/c1-4-6-10-16(5-2)19(17,18)14-9-7-8-13(11-15)12(14)3/h7-9H,4-6,10-11,15H2,1-3H3. The maximum atomic E-state index is 12.6. The van der Waals surface area contributed by atoms with E-state index in [1.54, 1.807) is 16.4 Å². The summed E-state index contributed by atoms with van der Waals surface area (Å²) in [5.74, 6) is 0. The number of hydrogen-bond acceptors (Lipinski definition) is 3. The predicted octanol–water partition coefficient (Wildman–Crippen LogP) is 2.26. The van der Waals surface area contributed by atoms with Crippen LogP contribution in [-0.4, -0.2) is 25.8 Å². The van der Waals surface area contributed by atoms with Crippen LogP contribution in [0.4, 0.5) is 0 Å². The molecule has 0 aliphatic rings. The van der Waals surface area contributed by atoms with E-state index in [1.165, 1.54) is 0 Å². The molecule has 4 nitrogen and oxygen atoms in total. The molecule has 0 fully saturated rings. The van der Waals surface area contributed by atoms with Crippen molar-refractivity contribution in [3.8, 4) is 0 Å². The number of rotatable bonds is 7. The average molecular weight is 284 g/mol. The van der Waals surface area contributed by atoms with Gasteiger partial charge in [-0.15, -0.1) is 0 Å². The number of hydrogen-bond donors (Lipinski definition) is 1. The SMILES string of the molecule is CCCCN(CC)S(=O)(=O)c1cccc(CN)c1C. The Morgan fingerprint density at radius 2 is 1.95 bits per heavy atom. The molecule has 0 aromatic heterocycles. The molecule has 0 atom stereocenters. The summed E-state index contributed by atoms with van der Waals surface area (Å²) in [4.78, 5) is 0.383. The van der Waals surface area contributed by atoms with Gasteiger partial charge in [0.05, 0.1) is 4.90 Å². The van der Waals surface area contributed by atoms with E-state index >= 15 is 0 Å². The zero-order valence-corrected chi connectivity index (χ0v) is 12.8. The molecular weight excluding hydrogens is 260 g/mol. The Kier molecular flexibility index (Phi) is 5.97. The van der Waals surface area contributed by atoms with Crippen LogP contribution < -0.4 is 5.73 Å². The van der Waals surface area contributed by atoms with Gasteiger partial charge in [0.2, 0.25) is 10.0 Å². The van der Waals surface area contributed by atoms with E-state index in [-0.39, 0.29) is 0 Å². The third-order valence-electron chi connectivity index (χ3n) is 3.35. The number of nitrogens with zero attached hydrogens (tertiary/aromatic N) is 1. The van der Waals surface area contributed by atoms with Crippen molar-refractivity contribution in [1.82, 2.24) is 4.31 Å². The van der Waals surface area contributed by atoms with Crippen LogP contribution >= 0.6 is 0 Å². The van der Waals surface area contributed by atoms with Crippen LogP contribution in [0.15, 0.2) is 23.1 Å². The lowest BCUT2D eigenvalue weighted by molar-refractivity contribution is 0.418. The minimum atomic E-state index is -3.41. The molecule has 1 aromatic rings. The Labute approximate surface area is 116 Å². The molecule has 0 heterocycles. The lowest BCUT2D eigenvalue weighted by Gasteiger charge is -2.22. The van der Waals surface area contributed by atoms with Gasteiger partial charge in [-0.3, -0.25) is 0 Å². The highest BCUT2D eigenvalue weighted by Gasteiger charge is 2.24. The molecule has 0 spiro atoms. The molecule has 108 valence electrons. The van der Waals surface area contributed by atoms with Gasteiger partial charge in [0, 0.05) is 19.6 Å². The van der Waals surface area contributed by atoms with E-state index in [0.29, 0.717) is 24.5 Å². The maximum absolute atomic E-state index is 12.6. The Morgan fingerprint density at radius 1 is 1.26 bits per heavy atom. The molecule has 0 bridgehead atoms. The second kappa shape index (κ2) is 7.03. The van der Waals surface area contributed by atoms with Gasteiger partial charge < -0.3 is 5.73 Å². The third kappa shape index (κ3) is 3.55. The molecule has 1 rings (SSSR count). The molecule has 1 aromatic carbocycles. The van der Waals surface area contributed by atoms with Crippen LogP contribution in [0.5, 0.6) is 0 Å². The predicted molar refractivity (Wildman–Crippen MR) is 78.4 cm³/mol. The quantitative estimate of drug-likeness (QED) is 0.835. The molecule has 0 saturated carbocycles. The molecule has 2 N–H and O–H groups in total. The van der Waals surface area contributed by atoms with Crippen molar-refractivity contribution < 1.29 is 8.42 Å². The van der Waals surface area contributed by atoms with E-state index in [2.05, 4.69) is 6.92 Å². The van der Waals surface area contributed by atoms with E-state index in [9.17, 15) is 8.42 Å². The summed E-state index contributed by atoms with van der Waals surface area (Å²) < 4.78 is 26.8. The molecule has 0 radical (unpaired) electrons. The molecular formula is C14H24N2O2S. The highest BCUT2D eigenvalue weighted by atomic mass is 32.2. The molecule has 0 amide bonds. The first-order valence-electron chi connectivity index (χ1n) is 6.77. The Bertz CT molecular complexity index is 512. The zero-order chi connectivity index (χ0) is 14.5. The van der Waals surface area contributed by atoms with Gasteiger partial charge in [0.1, 0.15) is 0 Å². The highest BCUT2D eigenvalue weighted by Crippen LogP contribution is 2.22. The van der Waals surface area contributed by atoms with Gasteiger partial charge in [-0.1, -0.05) is 32.4 Å². The molecule has 19 heavy (non-hydrogen) atoms. The largest absolute Gasteiger partial charge is 0.326 e. The van der Waals surface area contributed by atoms with Gasteiger partial charge in [0.15, 0.2) is 0 Å². The fourth-order valence-electron chi connectivity index (χ4n) is 2.08. The van der Waals surface area contributed by atoms with Crippen molar-refractivity contribution in [2.45, 2.75) is 45.1 Å². The van der Waals surface area contributed by atoms with E-state index in [0.717, 1.165) is 24.0 Å². The highest BCUT2D eigenvalue weighted by molar-refractivity contribution is 7.89. The number of sulfonamides is 1. The maximum Gasteiger partial charge on any atom is 0.243 e. The third-order valence-corrected chi connectivity index (χ3v) is 5.47. The summed E-state index contributed by atoms with van der Waals surface area (Å²) in [6, 6.07) is 5.30. The monoisotopic (exact) mass is 284 g/mol. The van der Waals surface area contributed by atoms with Crippen molar-refractivity contribution in [2.24, 2.45) is 5.73 Å². The van der Waals surface area contributed by atoms with Gasteiger partial charge in [0.25, 0.3) is 0 Å². The van der Waals surface area contributed by atoms with Crippen LogP contribution in [-0.2, 0) is 16.6 Å². The van der Waals surface area contributed by atoms with Gasteiger partial charge in [-0.05, 0) is 30.5 Å². The minimum absolute atomic E-state index is 0.357. The summed E-state index contributed by atoms with van der Waals surface area (Å²) in [7, 11) is -3.41. The summed E-state index contributed by atoms with van der Waals surface area (Å²) >= 11 is 0. The average Bonchev–Trinajstić information content (AvgIpc) is 2.39. The molecule has 0 saturated heterocycles. The van der Waals surface area contributed by atoms with Crippen molar-refractivity contribution in [3.05, 3.63) is 29.3 Å². The zero-order valence-electron chi connectivity index (χ0n) is 12.0. The van der Waals surface area contributed by atoms with Crippen LogP contribution in [0.2, 0.25) is 0 Å². The van der Waals surface area contributed by atoms with Crippen LogP contribution in [0, 0.1) is 6.92 Å². The van der Waals surface area contributed by atoms with E-state index in [1.807, 2.05) is 19.9 Å². The van der Waals surface area contributed by atoms with Crippen molar-refractivity contribution in [3.63, 3.8) is 0 Å². The van der Waals surface area contributed by atoms with Crippen molar-refractivity contribution in [1.29, 1.82) is 0 Å². The van der Waals surface area contributed by atoms with Crippen LogP contribution in [0.3, 0.4) is 0 Å². The molecule has 0 aliphatic carbocycles.